The van der Waals surface area contributed by atoms with Gasteiger partial charge < -0.3 is 10.1 Å². The van der Waals surface area contributed by atoms with Crippen LogP contribution in [0.5, 0.6) is 5.75 Å². The zero-order chi connectivity index (χ0) is 20.7. The molecule has 0 atom stereocenters. The molecule has 0 aliphatic heterocycles. The zero-order valence-electron chi connectivity index (χ0n) is 17.0. The summed E-state index contributed by atoms with van der Waals surface area (Å²) in [5.41, 5.74) is 5.75. The van der Waals surface area contributed by atoms with Crippen molar-refractivity contribution < 1.29 is 14.3 Å². The Kier molecular flexibility index (Phi) is 6.93. The molecule has 0 aliphatic rings. The molecule has 0 heterocycles. The highest BCUT2D eigenvalue weighted by molar-refractivity contribution is 6.00. The fourth-order valence-electron chi connectivity index (χ4n) is 2.55. The number of amides is 2. The summed E-state index contributed by atoms with van der Waals surface area (Å²) in [7, 11) is 1.49. The van der Waals surface area contributed by atoms with Gasteiger partial charge in [-0.25, -0.2) is 5.43 Å². The van der Waals surface area contributed by atoms with Gasteiger partial charge in [0.1, 0.15) is 5.75 Å². The minimum atomic E-state index is -0.408. The molecule has 28 heavy (non-hydrogen) atoms. The van der Waals surface area contributed by atoms with Gasteiger partial charge in [0.25, 0.3) is 11.8 Å². The molecule has 0 unspecified atom stereocenters. The molecule has 6 heteroatoms. The Labute approximate surface area is 166 Å². The van der Waals surface area contributed by atoms with Gasteiger partial charge in [0, 0.05) is 0 Å². The molecular weight excluding hydrogens is 354 g/mol. The number of hydrogen-bond donors (Lipinski definition) is 2. The van der Waals surface area contributed by atoms with Gasteiger partial charge in [0.15, 0.2) is 0 Å². The van der Waals surface area contributed by atoms with Crippen LogP contribution < -0.4 is 15.5 Å². The summed E-state index contributed by atoms with van der Waals surface area (Å²) in [5, 5.41) is 6.67. The molecule has 148 valence electrons. The Morgan fingerprint density at radius 1 is 1.04 bits per heavy atom. The second-order valence-electron chi connectivity index (χ2n) is 7.44. The predicted molar refractivity (Wildman–Crippen MR) is 111 cm³/mol. The van der Waals surface area contributed by atoms with E-state index >= 15 is 0 Å². The molecule has 0 aliphatic carbocycles. The van der Waals surface area contributed by atoms with E-state index in [1.807, 2.05) is 19.1 Å². The summed E-state index contributed by atoms with van der Waals surface area (Å²) in [6, 6.07) is 14.9. The lowest BCUT2D eigenvalue weighted by Crippen LogP contribution is -2.35. The summed E-state index contributed by atoms with van der Waals surface area (Å²) < 4.78 is 5.15. The highest BCUT2D eigenvalue weighted by Gasteiger charge is 2.14. The van der Waals surface area contributed by atoms with Gasteiger partial charge in [-0.2, -0.15) is 5.10 Å². The van der Waals surface area contributed by atoms with E-state index in [1.54, 1.807) is 24.3 Å². The summed E-state index contributed by atoms with van der Waals surface area (Å²) in [6.45, 7) is 8.10. The first-order valence-electron chi connectivity index (χ1n) is 9.07. The summed E-state index contributed by atoms with van der Waals surface area (Å²) in [6.07, 6.45) is 0. The summed E-state index contributed by atoms with van der Waals surface area (Å²) >= 11 is 0. The van der Waals surface area contributed by atoms with Crippen molar-refractivity contribution in [2.24, 2.45) is 5.10 Å². The van der Waals surface area contributed by atoms with Crippen molar-refractivity contribution in [1.29, 1.82) is 0 Å². The first-order valence-corrected chi connectivity index (χ1v) is 9.07. The lowest BCUT2D eigenvalue weighted by Gasteiger charge is -2.19. The maximum Gasteiger partial charge on any atom is 0.259 e. The predicted octanol–water partition coefficient (Wildman–Crippen LogP) is 3.26. The van der Waals surface area contributed by atoms with Gasteiger partial charge in [0.05, 0.1) is 24.9 Å². The quantitative estimate of drug-likeness (QED) is 0.595. The minimum absolute atomic E-state index is 0.0808. The number of hydrogen-bond acceptors (Lipinski definition) is 4. The molecule has 0 saturated carbocycles. The van der Waals surface area contributed by atoms with Gasteiger partial charge in [-0.3, -0.25) is 9.59 Å². The number of carbonyl (C=O) groups excluding carboxylic acids is 2. The van der Waals surface area contributed by atoms with Gasteiger partial charge in [0.2, 0.25) is 0 Å². The van der Waals surface area contributed by atoms with Crippen LogP contribution in [0.4, 0.5) is 0 Å². The Hall–Kier alpha value is -3.15. The van der Waals surface area contributed by atoms with Crippen molar-refractivity contribution in [2.45, 2.75) is 33.1 Å². The highest BCUT2D eigenvalue weighted by atomic mass is 16.5. The van der Waals surface area contributed by atoms with E-state index in [4.69, 9.17) is 4.74 Å². The van der Waals surface area contributed by atoms with Crippen LogP contribution in [0.3, 0.4) is 0 Å². The first-order chi connectivity index (χ1) is 13.2. The molecule has 2 rings (SSSR count). The van der Waals surface area contributed by atoms with Crippen molar-refractivity contribution in [3.05, 3.63) is 65.2 Å². The molecule has 2 aromatic rings. The maximum absolute atomic E-state index is 12.2. The van der Waals surface area contributed by atoms with Gasteiger partial charge in [-0.15, -0.1) is 0 Å². The van der Waals surface area contributed by atoms with Crippen molar-refractivity contribution in [1.82, 2.24) is 10.7 Å². The number of hydrazone groups is 1. The average Bonchev–Trinajstić information content (AvgIpc) is 2.69. The van der Waals surface area contributed by atoms with Gasteiger partial charge >= 0.3 is 0 Å². The number of ether oxygens (including phenoxy) is 1. The second kappa shape index (κ2) is 9.17. The molecular formula is C22H27N3O3. The van der Waals surface area contributed by atoms with Crippen LogP contribution in [-0.4, -0.2) is 31.2 Å². The van der Waals surface area contributed by atoms with Crippen molar-refractivity contribution in [3.63, 3.8) is 0 Å². The number of para-hydroxylation sites is 1. The van der Waals surface area contributed by atoms with Crippen LogP contribution in [0.25, 0.3) is 0 Å². The Bertz CT molecular complexity index is 865. The number of rotatable bonds is 6. The normalized spacial score (nSPS) is 11.7. The van der Waals surface area contributed by atoms with Crippen molar-refractivity contribution in [2.75, 3.05) is 13.7 Å². The van der Waals surface area contributed by atoms with Crippen LogP contribution in [0.1, 0.15) is 49.2 Å². The number of methoxy groups -OCH3 is 1. The molecule has 0 bridgehead atoms. The van der Waals surface area contributed by atoms with E-state index in [0.717, 1.165) is 5.56 Å². The van der Waals surface area contributed by atoms with E-state index in [-0.39, 0.29) is 17.9 Å². The SMILES string of the molecule is COc1ccccc1C(=O)NCC(=O)N/N=C(\C)c1ccc(C(C)(C)C)cc1. The van der Waals surface area contributed by atoms with E-state index in [0.29, 0.717) is 17.0 Å². The number of nitrogens with one attached hydrogen (secondary N) is 2. The van der Waals surface area contributed by atoms with Crippen molar-refractivity contribution in [3.8, 4) is 5.75 Å². The highest BCUT2D eigenvalue weighted by Crippen LogP contribution is 2.22. The third kappa shape index (κ3) is 5.67. The lowest BCUT2D eigenvalue weighted by molar-refractivity contribution is -0.120. The van der Waals surface area contributed by atoms with Gasteiger partial charge in [-0.05, 0) is 35.6 Å². The molecule has 0 saturated heterocycles. The fourth-order valence-corrected chi connectivity index (χ4v) is 2.55. The number of carbonyl (C=O) groups is 2. The Morgan fingerprint density at radius 2 is 1.68 bits per heavy atom. The monoisotopic (exact) mass is 381 g/mol. The average molecular weight is 381 g/mol. The van der Waals surface area contributed by atoms with Crippen molar-refractivity contribution >= 4 is 17.5 Å². The third-order valence-electron chi connectivity index (χ3n) is 4.28. The molecule has 0 aromatic heterocycles. The van der Waals surface area contributed by atoms with E-state index < -0.39 is 5.91 Å². The first kappa shape index (κ1) is 21.2. The smallest absolute Gasteiger partial charge is 0.259 e. The molecule has 0 radical (unpaired) electrons. The topological polar surface area (TPSA) is 79.8 Å². The lowest BCUT2D eigenvalue weighted by atomic mass is 9.86. The van der Waals surface area contributed by atoms with E-state index in [1.165, 1.54) is 12.7 Å². The zero-order valence-corrected chi connectivity index (χ0v) is 17.0. The maximum atomic E-state index is 12.2. The minimum Gasteiger partial charge on any atom is -0.496 e. The van der Waals surface area contributed by atoms with Crippen LogP contribution in [0.15, 0.2) is 53.6 Å². The molecule has 2 N–H and O–H groups in total. The molecule has 2 aromatic carbocycles. The molecule has 6 nitrogen and oxygen atoms in total. The Balaban J connectivity index is 1.91. The van der Waals surface area contributed by atoms with E-state index in [9.17, 15) is 9.59 Å². The third-order valence-corrected chi connectivity index (χ3v) is 4.28. The van der Waals surface area contributed by atoms with Crippen LogP contribution in [0.2, 0.25) is 0 Å². The Morgan fingerprint density at radius 3 is 2.29 bits per heavy atom. The number of nitrogens with zero attached hydrogens (tertiary/aromatic N) is 1. The molecule has 2 amide bonds. The van der Waals surface area contributed by atoms with Crippen LogP contribution in [0, 0.1) is 0 Å². The summed E-state index contributed by atoms with van der Waals surface area (Å²) in [5.74, 6) is -0.340. The molecule has 0 spiro atoms. The molecule has 0 fully saturated rings. The van der Waals surface area contributed by atoms with Crippen LogP contribution in [-0.2, 0) is 10.2 Å². The van der Waals surface area contributed by atoms with Crippen LogP contribution >= 0.6 is 0 Å². The number of benzene rings is 2. The fraction of sp³-hybridized carbons (Fsp3) is 0.318. The largest absolute Gasteiger partial charge is 0.496 e. The van der Waals surface area contributed by atoms with Gasteiger partial charge in [-0.1, -0.05) is 57.2 Å². The second-order valence-corrected chi connectivity index (χ2v) is 7.44. The summed E-state index contributed by atoms with van der Waals surface area (Å²) in [4.78, 5) is 24.2. The standard InChI is InChI=1S/C22H27N3O3/c1-15(16-10-12-17(13-11-16)22(2,3)4)24-25-20(26)14-23-21(27)18-8-6-7-9-19(18)28-5/h6-13H,14H2,1-5H3,(H,23,27)(H,25,26)/b24-15+. The van der Waals surface area contributed by atoms with E-state index in [2.05, 4.69) is 48.7 Å².